The summed E-state index contributed by atoms with van der Waals surface area (Å²) in [5.74, 6) is 0.581. The number of hydrogen-bond donors (Lipinski definition) is 0. The van der Waals surface area contributed by atoms with Crippen LogP contribution in [0.15, 0.2) is 18.2 Å². The molecule has 1 aromatic carbocycles. The molecular weight excluding hydrogens is 322 g/mol. The molecule has 128 valence electrons. The maximum absolute atomic E-state index is 12.4. The number of urea groups is 1. The smallest absolute Gasteiger partial charge is 0.319 e. The summed E-state index contributed by atoms with van der Waals surface area (Å²) in [5, 5.41) is 0. The number of carbonyl (C=O) groups excluding carboxylic acids is 1. The van der Waals surface area contributed by atoms with Gasteiger partial charge in [-0.1, -0.05) is 6.07 Å². The van der Waals surface area contributed by atoms with Crippen LogP contribution in [0.2, 0.25) is 0 Å². The molecule has 6 nitrogen and oxygen atoms in total. The lowest BCUT2D eigenvalue weighted by molar-refractivity contribution is 0.123. The van der Waals surface area contributed by atoms with Crippen LogP contribution < -0.4 is 0 Å². The summed E-state index contributed by atoms with van der Waals surface area (Å²) < 4.78 is 8.62. The minimum absolute atomic E-state index is 0.142. The summed E-state index contributed by atoms with van der Waals surface area (Å²) in [6.07, 6.45) is 2.41. The molecule has 3 aliphatic rings. The first-order chi connectivity index (χ1) is 11.6. The fourth-order valence-corrected chi connectivity index (χ4v) is 4.49. The fraction of sp³-hybridized carbons (Fsp3) is 0.588. The van der Waals surface area contributed by atoms with E-state index in [0.717, 1.165) is 37.2 Å². The Morgan fingerprint density at radius 1 is 1.21 bits per heavy atom. The summed E-state index contributed by atoms with van der Waals surface area (Å²) >= 11 is 1.27. The van der Waals surface area contributed by atoms with Gasteiger partial charge in [0.25, 0.3) is 0 Å². The number of carbonyl (C=O) groups is 1. The van der Waals surface area contributed by atoms with Crippen LogP contribution in [0.5, 0.6) is 0 Å². The minimum Gasteiger partial charge on any atom is -0.331 e. The molecule has 0 spiro atoms. The van der Waals surface area contributed by atoms with Gasteiger partial charge in [-0.3, -0.25) is 4.90 Å². The third-order valence-corrected chi connectivity index (χ3v) is 5.74. The zero-order chi connectivity index (χ0) is 16.7. The third-order valence-electron chi connectivity index (χ3n) is 5.18. The van der Waals surface area contributed by atoms with Crippen molar-refractivity contribution in [1.29, 1.82) is 0 Å². The Morgan fingerprint density at radius 3 is 2.88 bits per heavy atom. The molecule has 2 amide bonds. The van der Waals surface area contributed by atoms with Gasteiger partial charge in [-0.05, 0) is 36.5 Å². The summed E-state index contributed by atoms with van der Waals surface area (Å²) in [4.78, 5) is 18.7. The Kier molecular flexibility index (Phi) is 4.14. The monoisotopic (exact) mass is 345 g/mol. The Morgan fingerprint density at radius 2 is 2.04 bits per heavy atom. The molecule has 0 radical (unpaired) electrons. The summed E-state index contributed by atoms with van der Waals surface area (Å²) in [7, 11) is 3.67. The molecular formula is C17H23N5OS. The van der Waals surface area contributed by atoms with Crippen LogP contribution in [0.25, 0.3) is 11.0 Å². The highest BCUT2D eigenvalue weighted by Crippen LogP contribution is 2.30. The predicted octanol–water partition coefficient (Wildman–Crippen LogP) is 2.27. The van der Waals surface area contributed by atoms with Crippen molar-refractivity contribution in [3.63, 3.8) is 0 Å². The van der Waals surface area contributed by atoms with Crippen LogP contribution in [0.1, 0.15) is 18.4 Å². The van der Waals surface area contributed by atoms with E-state index in [1.54, 1.807) is 4.90 Å². The zero-order valence-electron chi connectivity index (χ0n) is 14.2. The number of rotatable bonds is 2. The SMILES string of the molecule is CN(C)C(=O)N1C[C@H]2CC[C@@H](C1)N(Cc1ccc3nsnc3c1)C2. The van der Waals surface area contributed by atoms with Crippen LogP contribution in [-0.4, -0.2) is 69.2 Å². The fourth-order valence-electron chi connectivity index (χ4n) is 3.97. The van der Waals surface area contributed by atoms with Crippen molar-refractivity contribution in [2.45, 2.75) is 25.4 Å². The van der Waals surface area contributed by atoms with E-state index in [1.165, 1.54) is 30.1 Å². The van der Waals surface area contributed by atoms with Crippen molar-refractivity contribution >= 4 is 28.8 Å². The van der Waals surface area contributed by atoms with Gasteiger partial charge in [-0.2, -0.15) is 8.75 Å². The van der Waals surface area contributed by atoms with Gasteiger partial charge in [-0.25, -0.2) is 4.79 Å². The number of amides is 2. The highest BCUT2D eigenvalue weighted by molar-refractivity contribution is 7.00. The van der Waals surface area contributed by atoms with E-state index in [4.69, 9.17) is 0 Å². The van der Waals surface area contributed by atoms with Gasteiger partial charge in [0, 0.05) is 46.3 Å². The molecule has 0 N–H and O–H groups in total. The van der Waals surface area contributed by atoms with Crippen LogP contribution in [-0.2, 0) is 6.54 Å². The van der Waals surface area contributed by atoms with Crippen molar-refractivity contribution in [2.24, 2.45) is 5.92 Å². The molecule has 2 aromatic rings. The van der Waals surface area contributed by atoms with Crippen molar-refractivity contribution in [2.75, 3.05) is 33.7 Å². The maximum Gasteiger partial charge on any atom is 0.319 e. The largest absolute Gasteiger partial charge is 0.331 e. The van der Waals surface area contributed by atoms with Gasteiger partial charge < -0.3 is 9.80 Å². The quantitative estimate of drug-likeness (QED) is 0.838. The van der Waals surface area contributed by atoms with E-state index in [0.29, 0.717) is 12.0 Å². The maximum atomic E-state index is 12.4. The molecule has 7 heteroatoms. The molecule has 3 saturated heterocycles. The topological polar surface area (TPSA) is 52.6 Å². The predicted molar refractivity (Wildman–Crippen MR) is 95.0 cm³/mol. The van der Waals surface area contributed by atoms with Crippen molar-refractivity contribution in [3.8, 4) is 0 Å². The second-order valence-electron chi connectivity index (χ2n) is 7.20. The normalized spacial score (nSPS) is 24.3. The van der Waals surface area contributed by atoms with E-state index in [1.807, 2.05) is 19.0 Å². The van der Waals surface area contributed by atoms with Gasteiger partial charge in [0.1, 0.15) is 11.0 Å². The molecule has 2 atom stereocenters. The van der Waals surface area contributed by atoms with Crippen molar-refractivity contribution in [3.05, 3.63) is 23.8 Å². The van der Waals surface area contributed by atoms with Crippen LogP contribution in [0.4, 0.5) is 4.79 Å². The number of aromatic nitrogens is 2. The van der Waals surface area contributed by atoms with Crippen LogP contribution in [0.3, 0.4) is 0 Å². The van der Waals surface area contributed by atoms with Gasteiger partial charge in [0.05, 0.1) is 11.7 Å². The van der Waals surface area contributed by atoms with E-state index in [-0.39, 0.29) is 6.03 Å². The lowest BCUT2D eigenvalue weighted by Gasteiger charge is -2.36. The average Bonchev–Trinajstić information content (AvgIpc) is 2.84. The Labute approximate surface area is 146 Å². The standard InChI is InChI=1S/C17H23N5OS/c1-20(2)17(23)22-10-13-3-5-14(11-22)21(9-13)8-12-4-6-15-16(7-12)19-24-18-15/h4,6-7,13-14H,3,5,8-11H2,1-2H3/t13-,14-/m0/s1. The Hall–Kier alpha value is -1.73. The number of hydrogen-bond acceptors (Lipinski definition) is 5. The van der Waals surface area contributed by atoms with E-state index in [9.17, 15) is 4.79 Å². The molecule has 3 fully saturated rings. The molecule has 0 saturated carbocycles. The third kappa shape index (κ3) is 2.98. The molecule has 3 aliphatic heterocycles. The van der Waals surface area contributed by atoms with Crippen LogP contribution in [0, 0.1) is 5.92 Å². The first-order valence-electron chi connectivity index (χ1n) is 8.51. The lowest BCUT2D eigenvalue weighted by Crippen LogP contribution is -2.45. The average molecular weight is 345 g/mol. The molecule has 2 bridgehead atoms. The number of fused-ring (bicyclic) bond motifs is 5. The second kappa shape index (κ2) is 6.29. The first kappa shape index (κ1) is 15.8. The highest BCUT2D eigenvalue weighted by atomic mass is 32.1. The molecule has 0 unspecified atom stereocenters. The van der Waals surface area contributed by atoms with E-state index < -0.39 is 0 Å². The Balaban J connectivity index is 1.51. The molecule has 4 heterocycles. The van der Waals surface area contributed by atoms with Crippen LogP contribution >= 0.6 is 11.7 Å². The molecule has 1 aromatic heterocycles. The summed E-state index contributed by atoms with van der Waals surface area (Å²) in [6, 6.07) is 6.97. The number of nitrogens with zero attached hydrogens (tertiary/aromatic N) is 5. The molecule has 0 aliphatic carbocycles. The van der Waals surface area contributed by atoms with Gasteiger partial charge in [0.2, 0.25) is 0 Å². The molecule has 5 rings (SSSR count). The van der Waals surface area contributed by atoms with E-state index >= 15 is 0 Å². The summed E-state index contributed by atoms with van der Waals surface area (Å²) in [5.41, 5.74) is 3.25. The number of benzene rings is 1. The minimum atomic E-state index is 0.142. The highest BCUT2D eigenvalue weighted by Gasteiger charge is 2.36. The first-order valence-corrected chi connectivity index (χ1v) is 9.24. The number of piperidine rings is 1. The zero-order valence-corrected chi connectivity index (χ0v) is 15.0. The van der Waals surface area contributed by atoms with Gasteiger partial charge >= 0.3 is 6.03 Å². The van der Waals surface area contributed by atoms with Crippen molar-refractivity contribution < 1.29 is 4.79 Å². The second-order valence-corrected chi connectivity index (χ2v) is 7.72. The van der Waals surface area contributed by atoms with Gasteiger partial charge in [-0.15, -0.1) is 0 Å². The lowest BCUT2D eigenvalue weighted by atomic mass is 9.94. The Bertz CT molecular complexity index is 745. The van der Waals surface area contributed by atoms with E-state index in [2.05, 4.69) is 31.8 Å². The van der Waals surface area contributed by atoms with Gasteiger partial charge in [0.15, 0.2) is 0 Å². The molecule has 24 heavy (non-hydrogen) atoms. The van der Waals surface area contributed by atoms with Crippen molar-refractivity contribution in [1.82, 2.24) is 23.4 Å². The summed E-state index contributed by atoms with van der Waals surface area (Å²) in [6.45, 7) is 3.74.